The molecule has 17 heavy (non-hydrogen) atoms. The lowest BCUT2D eigenvalue weighted by Gasteiger charge is -2.05. The molecule has 1 aromatic heterocycles. The topological polar surface area (TPSA) is 85.8 Å². The highest BCUT2D eigenvalue weighted by Crippen LogP contribution is 2.15. The Balaban J connectivity index is 1.98. The molecule has 1 heterocycles. The maximum atomic E-state index is 11.6. The third-order valence-corrected chi connectivity index (χ3v) is 2.46. The first-order valence-electron chi connectivity index (χ1n) is 4.84. The molecule has 0 atom stereocenters. The summed E-state index contributed by atoms with van der Waals surface area (Å²) in [5.74, 6) is -0.0340. The number of anilines is 2. The molecule has 2 rings (SSSR count). The van der Waals surface area contributed by atoms with Crippen LogP contribution in [0.1, 0.15) is 0 Å². The number of nitrogens with one attached hydrogen (secondary N) is 1. The summed E-state index contributed by atoms with van der Waals surface area (Å²) in [5.41, 5.74) is 6.07. The summed E-state index contributed by atoms with van der Waals surface area (Å²) >= 11 is 3.33. The lowest BCUT2D eigenvalue weighted by atomic mass is 10.3. The fourth-order valence-corrected chi connectivity index (χ4v) is 1.70. The lowest BCUT2D eigenvalue weighted by Crippen LogP contribution is -2.19. The summed E-state index contributed by atoms with van der Waals surface area (Å²) in [7, 11) is 0. The zero-order valence-corrected chi connectivity index (χ0v) is 10.4. The standard InChI is InChI=1S/C10H10BrN5O/c11-7-2-1-3-8(4-7)14-9(17)5-16-6-13-10(12)15-16/h1-4,6H,5H2,(H2,12,15)(H,14,17). The first kappa shape index (κ1) is 11.6. The Kier molecular flexibility index (Phi) is 3.38. The van der Waals surface area contributed by atoms with Gasteiger partial charge in [0.15, 0.2) is 0 Å². The van der Waals surface area contributed by atoms with E-state index in [1.807, 2.05) is 18.2 Å². The molecular formula is C10H10BrN5O. The van der Waals surface area contributed by atoms with Gasteiger partial charge in [-0.25, -0.2) is 9.67 Å². The highest BCUT2D eigenvalue weighted by molar-refractivity contribution is 9.10. The smallest absolute Gasteiger partial charge is 0.246 e. The SMILES string of the molecule is Nc1ncn(CC(=O)Nc2cccc(Br)c2)n1. The van der Waals surface area contributed by atoms with E-state index in [0.29, 0.717) is 0 Å². The van der Waals surface area contributed by atoms with Crippen LogP contribution in [-0.2, 0) is 11.3 Å². The van der Waals surface area contributed by atoms with Crippen molar-refractivity contribution in [3.8, 4) is 0 Å². The van der Waals surface area contributed by atoms with Gasteiger partial charge in [-0.3, -0.25) is 4.79 Å². The molecule has 0 unspecified atom stereocenters. The van der Waals surface area contributed by atoms with Gasteiger partial charge in [0.05, 0.1) is 0 Å². The van der Waals surface area contributed by atoms with Crippen LogP contribution in [0.3, 0.4) is 0 Å². The van der Waals surface area contributed by atoms with Gasteiger partial charge in [0, 0.05) is 10.2 Å². The van der Waals surface area contributed by atoms with Crippen LogP contribution < -0.4 is 11.1 Å². The number of rotatable bonds is 3. The molecule has 0 bridgehead atoms. The maximum Gasteiger partial charge on any atom is 0.246 e. The van der Waals surface area contributed by atoms with Gasteiger partial charge in [0.2, 0.25) is 11.9 Å². The molecule has 1 amide bonds. The van der Waals surface area contributed by atoms with Gasteiger partial charge < -0.3 is 11.1 Å². The second-order valence-corrected chi connectivity index (χ2v) is 4.27. The van der Waals surface area contributed by atoms with E-state index in [9.17, 15) is 4.79 Å². The quantitative estimate of drug-likeness (QED) is 0.893. The summed E-state index contributed by atoms with van der Waals surface area (Å²) < 4.78 is 2.28. The van der Waals surface area contributed by atoms with E-state index in [4.69, 9.17) is 5.73 Å². The van der Waals surface area contributed by atoms with Crippen molar-refractivity contribution in [3.63, 3.8) is 0 Å². The maximum absolute atomic E-state index is 11.6. The highest BCUT2D eigenvalue weighted by Gasteiger charge is 2.05. The molecule has 0 saturated carbocycles. The Labute approximate surface area is 106 Å². The van der Waals surface area contributed by atoms with Crippen molar-refractivity contribution in [1.29, 1.82) is 0 Å². The molecule has 88 valence electrons. The molecule has 0 aliphatic carbocycles. The largest absolute Gasteiger partial charge is 0.367 e. The van der Waals surface area contributed by atoms with Gasteiger partial charge in [-0.05, 0) is 18.2 Å². The number of nitrogens with zero attached hydrogens (tertiary/aromatic N) is 3. The number of hydrogen-bond acceptors (Lipinski definition) is 4. The van der Waals surface area contributed by atoms with E-state index in [1.165, 1.54) is 11.0 Å². The molecule has 0 aliphatic heterocycles. The Hall–Kier alpha value is -1.89. The first-order valence-corrected chi connectivity index (χ1v) is 5.63. The normalized spacial score (nSPS) is 10.2. The van der Waals surface area contributed by atoms with Crippen molar-refractivity contribution in [3.05, 3.63) is 35.1 Å². The van der Waals surface area contributed by atoms with Crippen LogP contribution in [-0.4, -0.2) is 20.7 Å². The summed E-state index contributed by atoms with van der Waals surface area (Å²) in [4.78, 5) is 15.4. The lowest BCUT2D eigenvalue weighted by molar-refractivity contribution is -0.116. The molecule has 0 radical (unpaired) electrons. The minimum absolute atomic E-state index is 0.0801. The van der Waals surface area contributed by atoms with Crippen molar-refractivity contribution >= 4 is 33.5 Å². The number of carbonyl (C=O) groups is 1. The first-order chi connectivity index (χ1) is 8.13. The summed E-state index contributed by atoms with van der Waals surface area (Å²) in [6.45, 7) is 0.0801. The van der Waals surface area contributed by atoms with E-state index in [0.717, 1.165) is 10.2 Å². The van der Waals surface area contributed by atoms with Crippen LogP contribution >= 0.6 is 15.9 Å². The Bertz CT molecular complexity index is 539. The summed E-state index contributed by atoms with van der Waals surface area (Å²) in [5, 5.41) is 6.57. The minimum atomic E-state index is -0.187. The number of aromatic nitrogens is 3. The summed E-state index contributed by atoms with van der Waals surface area (Å²) in [6, 6.07) is 7.34. The third-order valence-electron chi connectivity index (χ3n) is 1.97. The Morgan fingerprint density at radius 2 is 2.35 bits per heavy atom. The number of halogens is 1. The Morgan fingerprint density at radius 1 is 1.53 bits per heavy atom. The van der Waals surface area contributed by atoms with Gasteiger partial charge in [-0.15, -0.1) is 5.10 Å². The second-order valence-electron chi connectivity index (χ2n) is 3.36. The van der Waals surface area contributed by atoms with Crippen molar-refractivity contribution in [2.75, 3.05) is 11.1 Å². The van der Waals surface area contributed by atoms with Crippen molar-refractivity contribution < 1.29 is 4.79 Å². The Morgan fingerprint density at radius 3 is 3.00 bits per heavy atom. The number of nitrogens with two attached hydrogens (primary N) is 1. The van der Waals surface area contributed by atoms with E-state index in [2.05, 4.69) is 31.3 Å². The number of benzene rings is 1. The zero-order valence-electron chi connectivity index (χ0n) is 8.80. The van der Waals surface area contributed by atoms with Crippen LogP contribution in [0.25, 0.3) is 0 Å². The van der Waals surface area contributed by atoms with Crippen LogP contribution in [0, 0.1) is 0 Å². The van der Waals surface area contributed by atoms with Gasteiger partial charge in [-0.1, -0.05) is 22.0 Å². The predicted octanol–water partition coefficient (Wildman–Crippen LogP) is 1.26. The number of nitrogen functional groups attached to an aromatic ring is 1. The molecule has 0 aliphatic rings. The molecule has 0 saturated heterocycles. The number of hydrogen-bond donors (Lipinski definition) is 2. The van der Waals surface area contributed by atoms with E-state index in [1.54, 1.807) is 6.07 Å². The van der Waals surface area contributed by atoms with Crippen molar-refractivity contribution in [2.24, 2.45) is 0 Å². The van der Waals surface area contributed by atoms with Gasteiger partial charge >= 0.3 is 0 Å². The molecule has 6 nitrogen and oxygen atoms in total. The van der Waals surface area contributed by atoms with Crippen LogP contribution in [0.5, 0.6) is 0 Å². The second kappa shape index (κ2) is 4.96. The molecule has 7 heteroatoms. The zero-order chi connectivity index (χ0) is 12.3. The number of amides is 1. The fourth-order valence-electron chi connectivity index (χ4n) is 1.30. The third kappa shape index (κ3) is 3.28. The predicted molar refractivity (Wildman–Crippen MR) is 67.2 cm³/mol. The monoisotopic (exact) mass is 295 g/mol. The van der Waals surface area contributed by atoms with Crippen LogP contribution in [0.15, 0.2) is 35.1 Å². The number of carbonyl (C=O) groups excluding carboxylic acids is 1. The molecule has 0 spiro atoms. The van der Waals surface area contributed by atoms with Gasteiger partial charge in [-0.2, -0.15) is 0 Å². The molecule has 1 aromatic carbocycles. The van der Waals surface area contributed by atoms with Gasteiger partial charge in [0.25, 0.3) is 0 Å². The molecular weight excluding hydrogens is 286 g/mol. The van der Waals surface area contributed by atoms with Gasteiger partial charge in [0.1, 0.15) is 12.9 Å². The molecule has 0 fully saturated rings. The van der Waals surface area contributed by atoms with Crippen LogP contribution in [0.2, 0.25) is 0 Å². The average molecular weight is 296 g/mol. The molecule has 2 aromatic rings. The van der Waals surface area contributed by atoms with Crippen LogP contribution in [0.4, 0.5) is 11.6 Å². The molecule has 3 N–H and O–H groups in total. The van der Waals surface area contributed by atoms with E-state index >= 15 is 0 Å². The fraction of sp³-hybridized carbons (Fsp3) is 0.100. The average Bonchev–Trinajstić information content (AvgIpc) is 2.63. The minimum Gasteiger partial charge on any atom is -0.367 e. The van der Waals surface area contributed by atoms with Crippen molar-refractivity contribution in [2.45, 2.75) is 6.54 Å². The highest BCUT2D eigenvalue weighted by atomic mass is 79.9. The van der Waals surface area contributed by atoms with Crippen molar-refractivity contribution in [1.82, 2.24) is 14.8 Å². The summed E-state index contributed by atoms with van der Waals surface area (Å²) in [6.07, 6.45) is 1.41. The van der Waals surface area contributed by atoms with E-state index < -0.39 is 0 Å². The van der Waals surface area contributed by atoms with E-state index in [-0.39, 0.29) is 18.4 Å².